The average Bonchev–Trinajstić information content (AvgIpc) is 2.62. The fraction of sp³-hybridized carbons (Fsp3) is 1.00. The Labute approximate surface area is 149 Å². The van der Waals surface area contributed by atoms with Crippen LogP contribution >= 0.6 is 0 Å². The van der Waals surface area contributed by atoms with Crippen LogP contribution in [0.2, 0.25) is 0 Å². The van der Waals surface area contributed by atoms with Gasteiger partial charge >= 0.3 is 0 Å². The summed E-state index contributed by atoms with van der Waals surface area (Å²) in [6.07, 6.45) is 16.6. The van der Waals surface area contributed by atoms with Crippen molar-refractivity contribution in [1.29, 1.82) is 0 Å². The van der Waals surface area contributed by atoms with Gasteiger partial charge in [0.1, 0.15) is 6.23 Å². The Morgan fingerprint density at radius 3 is 1.92 bits per heavy atom. The van der Waals surface area contributed by atoms with Crippen molar-refractivity contribution in [3.8, 4) is 0 Å². The second-order valence-corrected chi connectivity index (χ2v) is 9.45. The van der Waals surface area contributed by atoms with Crippen molar-refractivity contribution < 1.29 is 12.6 Å². The van der Waals surface area contributed by atoms with E-state index in [1.54, 1.807) is 0 Å². The molecular formula is C19H37NO3S. The predicted molar refractivity (Wildman–Crippen MR) is 99.5 cm³/mol. The summed E-state index contributed by atoms with van der Waals surface area (Å²) in [5, 5.41) is -0.276. The molecule has 0 spiro atoms. The van der Waals surface area contributed by atoms with E-state index in [4.69, 9.17) is 4.18 Å². The second-order valence-electron chi connectivity index (χ2n) is 7.60. The van der Waals surface area contributed by atoms with Crippen LogP contribution in [0.15, 0.2) is 0 Å². The number of rotatable bonds is 12. The molecule has 142 valence electrons. The lowest BCUT2D eigenvalue weighted by molar-refractivity contribution is -0.0433. The molecule has 2 heterocycles. The number of hydrogen-bond donors (Lipinski definition) is 0. The van der Waals surface area contributed by atoms with Gasteiger partial charge in [0, 0.05) is 19.5 Å². The van der Waals surface area contributed by atoms with Crippen molar-refractivity contribution in [2.45, 2.75) is 108 Å². The van der Waals surface area contributed by atoms with Crippen molar-refractivity contribution in [2.24, 2.45) is 0 Å². The van der Waals surface area contributed by atoms with Gasteiger partial charge in [0.2, 0.25) is 0 Å². The molecule has 2 aliphatic rings. The van der Waals surface area contributed by atoms with Crippen LogP contribution in [-0.2, 0) is 14.3 Å². The van der Waals surface area contributed by atoms with Gasteiger partial charge in [0.25, 0.3) is 10.1 Å². The Morgan fingerprint density at radius 2 is 1.38 bits per heavy atom. The Hall–Kier alpha value is -0.130. The summed E-state index contributed by atoms with van der Waals surface area (Å²) in [6.45, 7) is 4.13. The molecule has 2 saturated heterocycles. The Morgan fingerprint density at radius 1 is 0.833 bits per heavy atom. The molecule has 0 bridgehead atoms. The standard InChI is InChI=1S/C19H37NO3S/c1-2-3-4-5-6-7-8-9-10-11-12-13-18-14-16-20-17-15-19(20)23-24(18,21)22/h18-19H,2-17H2,1H3. The molecule has 2 rings (SSSR count). The highest BCUT2D eigenvalue weighted by atomic mass is 32.2. The largest absolute Gasteiger partial charge is 0.277 e. The molecule has 0 saturated carbocycles. The maximum absolute atomic E-state index is 12.3. The van der Waals surface area contributed by atoms with Crippen molar-refractivity contribution in [3.05, 3.63) is 0 Å². The quantitative estimate of drug-likeness (QED) is 0.369. The molecule has 0 aliphatic carbocycles. The van der Waals surface area contributed by atoms with E-state index in [0.29, 0.717) is 0 Å². The van der Waals surface area contributed by atoms with E-state index in [1.165, 1.54) is 57.8 Å². The SMILES string of the molecule is CCCCCCCCCCCCCC1CCN2CCC2OS1(=O)=O. The number of unbranched alkanes of at least 4 members (excludes halogenated alkanes) is 10. The predicted octanol–water partition coefficient (Wildman–Crippen LogP) is 4.84. The van der Waals surface area contributed by atoms with Gasteiger partial charge in [-0.15, -0.1) is 0 Å². The van der Waals surface area contributed by atoms with Crippen LogP contribution in [0.4, 0.5) is 0 Å². The van der Waals surface area contributed by atoms with Gasteiger partial charge in [0.05, 0.1) is 5.25 Å². The molecular weight excluding hydrogens is 322 g/mol. The zero-order valence-corrected chi connectivity index (χ0v) is 16.4. The summed E-state index contributed by atoms with van der Waals surface area (Å²) in [5.74, 6) is 0. The maximum atomic E-state index is 12.3. The highest BCUT2D eigenvalue weighted by Crippen LogP contribution is 2.29. The maximum Gasteiger partial charge on any atom is 0.271 e. The monoisotopic (exact) mass is 359 g/mol. The van der Waals surface area contributed by atoms with E-state index in [9.17, 15) is 8.42 Å². The Kier molecular flexibility index (Phi) is 9.06. The Balaban J connectivity index is 1.48. The number of fused-ring (bicyclic) bond motifs is 1. The topological polar surface area (TPSA) is 46.6 Å². The second kappa shape index (κ2) is 10.8. The molecule has 2 aliphatic heterocycles. The van der Waals surface area contributed by atoms with Gasteiger partial charge in [-0.3, -0.25) is 9.08 Å². The summed E-state index contributed by atoms with van der Waals surface area (Å²) in [6, 6.07) is 0. The van der Waals surface area contributed by atoms with Gasteiger partial charge in [-0.05, 0) is 12.8 Å². The van der Waals surface area contributed by atoms with Crippen LogP contribution < -0.4 is 0 Å². The average molecular weight is 360 g/mol. The van der Waals surface area contributed by atoms with Crippen molar-refractivity contribution >= 4 is 10.1 Å². The lowest BCUT2D eigenvalue weighted by atomic mass is 10.0. The van der Waals surface area contributed by atoms with E-state index in [1.807, 2.05) is 0 Å². The molecule has 0 radical (unpaired) electrons. The number of nitrogens with zero attached hydrogens (tertiary/aromatic N) is 1. The van der Waals surface area contributed by atoms with Gasteiger partial charge < -0.3 is 0 Å². The summed E-state index contributed by atoms with van der Waals surface area (Å²) in [7, 11) is -3.35. The molecule has 0 aromatic heterocycles. The summed E-state index contributed by atoms with van der Waals surface area (Å²) < 4.78 is 29.9. The third-order valence-corrected chi connectivity index (χ3v) is 7.37. The molecule has 0 aromatic carbocycles. The molecule has 0 amide bonds. The molecule has 4 nitrogen and oxygen atoms in total. The zero-order valence-electron chi connectivity index (χ0n) is 15.5. The molecule has 0 aromatic rings. The third kappa shape index (κ3) is 6.64. The van der Waals surface area contributed by atoms with Crippen molar-refractivity contribution in [2.75, 3.05) is 13.1 Å². The Bertz CT molecular complexity index is 438. The zero-order chi connectivity index (χ0) is 17.3. The molecule has 2 unspecified atom stereocenters. The lowest BCUT2D eigenvalue weighted by Gasteiger charge is -2.37. The minimum Gasteiger partial charge on any atom is -0.277 e. The van der Waals surface area contributed by atoms with E-state index in [-0.39, 0.29) is 11.5 Å². The minimum absolute atomic E-state index is 0.155. The van der Waals surface area contributed by atoms with Crippen molar-refractivity contribution in [1.82, 2.24) is 4.90 Å². The van der Waals surface area contributed by atoms with Gasteiger partial charge in [-0.1, -0.05) is 77.6 Å². The fourth-order valence-electron chi connectivity index (χ4n) is 3.79. The summed E-state index contributed by atoms with van der Waals surface area (Å²) >= 11 is 0. The highest BCUT2D eigenvalue weighted by molar-refractivity contribution is 7.87. The van der Waals surface area contributed by atoms with Crippen molar-refractivity contribution in [3.63, 3.8) is 0 Å². The van der Waals surface area contributed by atoms with Crippen LogP contribution in [0.25, 0.3) is 0 Å². The van der Waals surface area contributed by atoms with Crippen LogP contribution in [0.1, 0.15) is 96.8 Å². The lowest BCUT2D eigenvalue weighted by Crippen LogP contribution is -2.48. The summed E-state index contributed by atoms with van der Waals surface area (Å²) in [4.78, 5) is 2.15. The molecule has 2 atom stereocenters. The first-order valence-corrected chi connectivity index (χ1v) is 11.8. The highest BCUT2D eigenvalue weighted by Gasteiger charge is 2.40. The van der Waals surface area contributed by atoms with Crippen LogP contribution in [0.3, 0.4) is 0 Å². The molecule has 0 N–H and O–H groups in total. The van der Waals surface area contributed by atoms with E-state index < -0.39 is 10.1 Å². The van der Waals surface area contributed by atoms with E-state index >= 15 is 0 Å². The van der Waals surface area contributed by atoms with E-state index in [0.717, 1.165) is 45.2 Å². The van der Waals surface area contributed by atoms with Gasteiger partial charge in [-0.2, -0.15) is 8.42 Å². The smallest absolute Gasteiger partial charge is 0.271 e. The van der Waals surface area contributed by atoms with Gasteiger partial charge in [-0.25, -0.2) is 0 Å². The van der Waals surface area contributed by atoms with Crippen LogP contribution in [0.5, 0.6) is 0 Å². The minimum atomic E-state index is -3.35. The molecule has 5 heteroatoms. The first-order chi connectivity index (χ1) is 11.6. The molecule has 2 fully saturated rings. The third-order valence-electron chi connectivity index (χ3n) is 5.59. The first-order valence-electron chi connectivity index (χ1n) is 10.3. The normalized spacial score (nSPS) is 26.5. The fourth-order valence-corrected chi connectivity index (χ4v) is 5.33. The first kappa shape index (κ1) is 20.2. The summed E-state index contributed by atoms with van der Waals surface area (Å²) in [5.41, 5.74) is 0. The van der Waals surface area contributed by atoms with Gasteiger partial charge in [0.15, 0.2) is 0 Å². The van der Waals surface area contributed by atoms with Crippen LogP contribution in [0, 0.1) is 0 Å². The molecule has 24 heavy (non-hydrogen) atoms. The number of hydrogen-bond acceptors (Lipinski definition) is 4. The van der Waals surface area contributed by atoms with E-state index in [2.05, 4.69) is 11.8 Å². The van der Waals surface area contributed by atoms with Crippen LogP contribution in [-0.4, -0.2) is 37.9 Å².